The molecule has 3 N–H and O–H groups in total. The van der Waals surface area contributed by atoms with Gasteiger partial charge in [-0.2, -0.15) is 0 Å². The minimum Gasteiger partial charge on any atom is -0.409 e. The van der Waals surface area contributed by atoms with Crippen molar-refractivity contribution in [2.24, 2.45) is 16.8 Å². The van der Waals surface area contributed by atoms with Crippen molar-refractivity contribution in [3.8, 4) is 0 Å². The Balaban J connectivity index is 2.80. The third-order valence-electron chi connectivity index (χ3n) is 2.73. The third kappa shape index (κ3) is 4.20. The van der Waals surface area contributed by atoms with Gasteiger partial charge in [0.2, 0.25) is 0 Å². The predicted octanol–water partition coefficient (Wildman–Crippen LogP) is 1.69. The highest BCUT2D eigenvalue weighted by atomic mass is 79.9. The first-order valence-electron chi connectivity index (χ1n) is 5.87. The van der Waals surface area contributed by atoms with Gasteiger partial charge in [-0.3, -0.25) is 4.79 Å². The lowest BCUT2D eigenvalue weighted by molar-refractivity contribution is 0.0748. The molecule has 0 saturated carbocycles. The first-order chi connectivity index (χ1) is 8.99. The average molecular weight is 329 g/mol. The van der Waals surface area contributed by atoms with Gasteiger partial charge in [0.15, 0.2) is 0 Å². The average Bonchev–Trinajstić information content (AvgIpc) is 2.43. The number of nitrogens with zero attached hydrogens (tertiary/aromatic N) is 3. The summed E-state index contributed by atoms with van der Waals surface area (Å²) < 4.78 is 0.817. The van der Waals surface area contributed by atoms with E-state index in [4.69, 9.17) is 10.9 Å². The molecule has 19 heavy (non-hydrogen) atoms. The Kier molecular flexibility index (Phi) is 5.75. The number of oxime groups is 1. The molecule has 0 bridgehead atoms. The number of carbonyl (C=O) groups is 1. The number of nitrogens with two attached hydrogens (primary N) is 1. The van der Waals surface area contributed by atoms with Crippen molar-refractivity contribution in [1.82, 2.24) is 9.88 Å². The van der Waals surface area contributed by atoms with Crippen LogP contribution >= 0.6 is 15.9 Å². The number of pyridine rings is 1. The standard InChI is InChI=1S/C12H17BrN4O2/c1-3-17(7-8(2)11(14)16-19)12(18)10-5-4-9(13)6-15-10/h4-6,8,19H,3,7H2,1-2H3,(H2,14,16). The van der Waals surface area contributed by atoms with Crippen molar-refractivity contribution in [2.75, 3.05) is 13.1 Å². The van der Waals surface area contributed by atoms with Crippen LogP contribution in [0.3, 0.4) is 0 Å². The molecule has 1 atom stereocenters. The fourth-order valence-electron chi connectivity index (χ4n) is 1.54. The van der Waals surface area contributed by atoms with Gasteiger partial charge in [0.25, 0.3) is 5.91 Å². The Morgan fingerprint density at radius 1 is 1.63 bits per heavy atom. The Morgan fingerprint density at radius 3 is 2.79 bits per heavy atom. The van der Waals surface area contributed by atoms with Crippen LogP contribution in [-0.4, -0.2) is 39.9 Å². The molecule has 104 valence electrons. The highest BCUT2D eigenvalue weighted by molar-refractivity contribution is 9.10. The number of aromatic nitrogens is 1. The van der Waals surface area contributed by atoms with E-state index in [1.54, 1.807) is 30.2 Å². The zero-order valence-electron chi connectivity index (χ0n) is 10.9. The lowest BCUT2D eigenvalue weighted by Crippen LogP contribution is -2.39. The number of hydrogen-bond donors (Lipinski definition) is 2. The minimum atomic E-state index is -0.218. The van der Waals surface area contributed by atoms with Crippen LogP contribution in [0.1, 0.15) is 24.3 Å². The van der Waals surface area contributed by atoms with Gasteiger partial charge < -0.3 is 15.8 Å². The normalized spacial score (nSPS) is 13.1. The summed E-state index contributed by atoms with van der Waals surface area (Å²) in [5, 5.41) is 11.6. The number of halogens is 1. The van der Waals surface area contributed by atoms with E-state index in [2.05, 4.69) is 26.1 Å². The van der Waals surface area contributed by atoms with E-state index in [9.17, 15) is 4.79 Å². The molecule has 0 aliphatic carbocycles. The molecule has 7 heteroatoms. The van der Waals surface area contributed by atoms with E-state index in [-0.39, 0.29) is 17.7 Å². The van der Waals surface area contributed by atoms with E-state index in [0.717, 1.165) is 4.47 Å². The fraction of sp³-hybridized carbons (Fsp3) is 0.417. The van der Waals surface area contributed by atoms with Gasteiger partial charge in [0.05, 0.1) is 0 Å². The van der Waals surface area contributed by atoms with E-state index < -0.39 is 0 Å². The molecule has 1 unspecified atom stereocenters. The maximum absolute atomic E-state index is 12.2. The van der Waals surface area contributed by atoms with Gasteiger partial charge in [-0.05, 0) is 35.0 Å². The Labute approximate surface area is 120 Å². The second-order valence-electron chi connectivity index (χ2n) is 4.13. The summed E-state index contributed by atoms with van der Waals surface area (Å²) in [6.45, 7) is 4.57. The molecule has 1 aromatic heterocycles. The molecule has 0 fully saturated rings. The highest BCUT2D eigenvalue weighted by Crippen LogP contribution is 2.10. The zero-order chi connectivity index (χ0) is 14.4. The van der Waals surface area contributed by atoms with Crippen LogP contribution in [0.25, 0.3) is 0 Å². The zero-order valence-corrected chi connectivity index (χ0v) is 12.5. The molecule has 0 aliphatic heterocycles. The molecular formula is C12H17BrN4O2. The first-order valence-corrected chi connectivity index (χ1v) is 6.67. The quantitative estimate of drug-likeness (QED) is 0.372. The van der Waals surface area contributed by atoms with Gasteiger partial charge in [-0.15, -0.1) is 0 Å². The van der Waals surface area contributed by atoms with E-state index in [0.29, 0.717) is 18.8 Å². The monoisotopic (exact) mass is 328 g/mol. The van der Waals surface area contributed by atoms with E-state index in [1.807, 2.05) is 6.92 Å². The Morgan fingerprint density at radius 2 is 2.32 bits per heavy atom. The molecule has 1 aromatic rings. The van der Waals surface area contributed by atoms with Crippen molar-refractivity contribution in [3.05, 3.63) is 28.5 Å². The second-order valence-corrected chi connectivity index (χ2v) is 5.05. The van der Waals surface area contributed by atoms with E-state index >= 15 is 0 Å². The van der Waals surface area contributed by atoms with Crippen LogP contribution in [-0.2, 0) is 0 Å². The van der Waals surface area contributed by atoms with Gasteiger partial charge in [-0.1, -0.05) is 12.1 Å². The topological polar surface area (TPSA) is 91.8 Å². The van der Waals surface area contributed by atoms with Crippen LogP contribution in [0.2, 0.25) is 0 Å². The molecule has 0 aliphatic rings. The maximum Gasteiger partial charge on any atom is 0.272 e. The summed E-state index contributed by atoms with van der Waals surface area (Å²) in [5.41, 5.74) is 5.89. The van der Waals surface area contributed by atoms with Crippen molar-refractivity contribution in [3.63, 3.8) is 0 Å². The number of amidine groups is 1. The minimum absolute atomic E-state index is 0.106. The van der Waals surface area contributed by atoms with E-state index in [1.165, 1.54) is 0 Å². The number of hydrogen-bond acceptors (Lipinski definition) is 4. The fourth-order valence-corrected chi connectivity index (χ4v) is 1.78. The van der Waals surface area contributed by atoms with Crippen LogP contribution in [0.5, 0.6) is 0 Å². The van der Waals surface area contributed by atoms with Crippen LogP contribution in [0.4, 0.5) is 0 Å². The van der Waals surface area contributed by atoms with Crippen molar-refractivity contribution < 1.29 is 10.0 Å². The summed E-state index contributed by atoms with van der Waals surface area (Å²) in [6, 6.07) is 3.42. The van der Waals surface area contributed by atoms with Crippen LogP contribution < -0.4 is 5.73 Å². The molecule has 0 radical (unpaired) electrons. The number of carbonyl (C=O) groups excluding carboxylic acids is 1. The number of amides is 1. The second kappa shape index (κ2) is 7.08. The summed E-state index contributed by atoms with van der Waals surface area (Å²) >= 11 is 3.27. The van der Waals surface area contributed by atoms with Crippen molar-refractivity contribution >= 4 is 27.7 Å². The largest absolute Gasteiger partial charge is 0.409 e. The first kappa shape index (κ1) is 15.4. The summed E-state index contributed by atoms with van der Waals surface area (Å²) in [5.74, 6) is -0.285. The Bertz CT molecular complexity index is 461. The molecule has 0 spiro atoms. The highest BCUT2D eigenvalue weighted by Gasteiger charge is 2.19. The SMILES string of the molecule is CCN(CC(C)C(N)=NO)C(=O)c1ccc(Br)cn1. The van der Waals surface area contributed by atoms with Crippen molar-refractivity contribution in [1.29, 1.82) is 0 Å². The van der Waals surface area contributed by atoms with Crippen LogP contribution in [0, 0.1) is 5.92 Å². The van der Waals surface area contributed by atoms with Crippen LogP contribution in [0.15, 0.2) is 28.0 Å². The summed E-state index contributed by atoms with van der Waals surface area (Å²) in [6.07, 6.45) is 1.58. The molecular weight excluding hydrogens is 312 g/mol. The molecule has 0 saturated heterocycles. The maximum atomic E-state index is 12.2. The molecule has 1 amide bonds. The Hall–Kier alpha value is -1.63. The summed E-state index contributed by atoms with van der Waals surface area (Å²) in [4.78, 5) is 17.9. The van der Waals surface area contributed by atoms with Crippen molar-refractivity contribution in [2.45, 2.75) is 13.8 Å². The van der Waals surface area contributed by atoms with Gasteiger partial charge >= 0.3 is 0 Å². The molecule has 0 aromatic carbocycles. The van der Waals surface area contributed by atoms with Gasteiger partial charge in [0, 0.05) is 29.7 Å². The molecule has 6 nitrogen and oxygen atoms in total. The predicted molar refractivity (Wildman–Crippen MR) is 76.1 cm³/mol. The summed E-state index contributed by atoms with van der Waals surface area (Å²) in [7, 11) is 0. The lowest BCUT2D eigenvalue weighted by Gasteiger charge is -2.23. The smallest absolute Gasteiger partial charge is 0.272 e. The number of rotatable bonds is 5. The molecule has 1 rings (SSSR count). The van der Waals surface area contributed by atoms with Gasteiger partial charge in [0.1, 0.15) is 11.5 Å². The van der Waals surface area contributed by atoms with Gasteiger partial charge in [-0.25, -0.2) is 4.98 Å². The molecule has 1 heterocycles. The third-order valence-corrected chi connectivity index (χ3v) is 3.20. The lowest BCUT2D eigenvalue weighted by atomic mass is 10.1.